The van der Waals surface area contributed by atoms with Crippen molar-refractivity contribution in [1.82, 2.24) is 4.57 Å². The maximum Gasteiger partial charge on any atom is 0.261 e. The third kappa shape index (κ3) is 9.90. The Hall–Kier alpha value is -2.92. The first-order valence-electron chi connectivity index (χ1n) is 20.1. The summed E-state index contributed by atoms with van der Waals surface area (Å²) in [5.74, 6) is 1.30. The van der Waals surface area contributed by atoms with Gasteiger partial charge in [0.25, 0.3) is 11.1 Å². The highest BCUT2D eigenvalue weighted by Crippen LogP contribution is 2.44. The lowest BCUT2D eigenvalue weighted by molar-refractivity contribution is 0.242. The highest BCUT2D eigenvalue weighted by molar-refractivity contribution is 7.25. The van der Waals surface area contributed by atoms with E-state index < -0.39 is 0 Å². The minimum Gasteiger partial charge on any atom is -0.492 e. The van der Waals surface area contributed by atoms with Crippen molar-refractivity contribution < 1.29 is 4.74 Å². The number of aromatic nitrogens is 1. The molecule has 3 aromatic carbocycles. The number of nitrogens with zero attached hydrogens (tertiary/aromatic N) is 1. The van der Waals surface area contributed by atoms with Gasteiger partial charge in [0.15, 0.2) is 0 Å². The number of unbranched alkanes of at least 4 members (excludes halogenated alkanes) is 15. The Morgan fingerprint density at radius 1 is 0.680 bits per heavy atom. The summed E-state index contributed by atoms with van der Waals surface area (Å²) in [6.07, 6.45) is 22.9. The van der Waals surface area contributed by atoms with Crippen LogP contribution >= 0.6 is 11.3 Å². The summed E-state index contributed by atoms with van der Waals surface area (Å²) >= 11 is 1.70. The smallest absolute Gasteiger partial charge is 0.261 e. The first kappa shape index (κ1) is 38.3. The molecule has 1 atom stereocenters. The second-order valence-corrected chi connectivity index (χ2v) is 17.4. The Labute approximate surface area is 305 Å². The number of hydrogen-bond donors (Lipinski definition) is 0. The van der Waals surface area contributed by atoms with Gasteiger partial charge in [-0.2, -0.15) is 0 Å². The van der Waals surface area contributed by atoms with E-state index in [9.17, 15) is 9.59 Å². The molecule has 50 heavy (non-hydrogen) atoms. The zero-order chi connectivity index (χ0) is 35.5. The van der Waals surface area contributed by atoms with Crippen LogP contribution in [0.25, 0.3) is 41.7 Å². The molecule has 0 amide bonds. The Kier molecular flexibility index (Phi) is 14.2. The topological polar surface area (TPSA) is 48.3 Å². The van der Waals surface area contributed by atoms with Crippen LogP contribution in [0, 0.1) is 11.3 Å². The second-order valence-electron chi connectivity index (χ2n) is 16.3. The van der Waals surface area contributed by atoms with Crippen molar-refractivity contribution in [2.45, 2.75) is 157 Å². The molecule has 5 rings (SSSR count). The van der Waals surface area contributed by atoms with E-state index in [0.29, 0.717) is 29.8 Å². The van der Waals surface area contributed by atoms with Gasteiger partial charge in [-0.3, -0.25) is 14.2 Å². The molecule has 2 aromatic heterocycles. The van der Waals surface area contributed by atoms with Crippen molar-refractivity contribution in [3.05, 3.63) is 63.2 Å². The summed E-state index contributed by atoms with van der Waals surface area (Å²) in [5, 5.41) is 5.26. The van der Waals surface area contributed by atoms with Crippen LogP contribution in [0.4, 0.5) is 0 Å². The normalized spacial score (nSPS) is 13.0. The van der Waals surface area contributed by atoms with E-state index in [0.717, 1.165) is 64.1 Å². The molecule has 0 N–H and O–H groups in total. The van der Waals surface area contributed by atoms with Crippen LogP contribution in [0.15, 0.2) is 52.1 Å². The van der Waals surface area contributed by atoms with Gasteiger partial charge < -0.3 is 4.74 Å². The number of pyridine rings is 1. The standard InChI is InChI=1S/C45H63NO3S/c1-6-7-8-9-10-11-12-13-14-15-16-17-18-19-20-23-29-46-43(47)36-27-26-35-34-24-21-22-25-39(34)50-42-38(31-37(44(46)48)40(36)41(35)42)49-30-28-33(2)32-45(3,4)5/h21-22,24-27,31,33H,6-20,23,28-30,32H2,1-5H3. The maximum atomic E-state index is 14.1. The van der Waals surface area contributed by atoms with E-state index in [1.165, 1.54) is 92.7 Å². The number of fused-ring (bicyclic) bond motifs is 2. The quantitative estimate of drug-likeness (QED) is 0.0411. The molecule has 0 aliphatic heterocycles. The predicted octanol–water partition coefficient (Wildman–Crippen LogP) is 13.4. The molecule has 0 aliphatic carbocycles. The van der Waals surface area contributed by atoms with Crippen LogP contribution < -0.4 is 15.9 Å². The summed E-state index contributed by atoms with van der Waals surface area (Å²) in [6, 6.07) is 14.4. The molecule has 4 nitrogen and oxygen atoms in total. The van der Waals surface area contributed by atoms with Crippen LogP contribution in [-0.4, -0.2) is 11.2 Å². The molecule has 1 unspecified atom stereocenters. The molecule has 5 heteroatoms. The minimum absolute atomic E-state index is 0.158. The number of ether oxygens (including phenoxy) is 1. The van der Waals surface area contributed by atoms with Crippen molar-refractivity contribution in [3.63, 3.8) is 0 Å². The molecule has 0 radical (unpaired) electrons. The van der Waals surface area contributed by atoms with Crippen molar-refractivity contribution in [2.75, 3.05) is 6.61 Å². The molecule has 0 spiro atoms. The summed E-state index contributed by atoms with van der Waals surface area (Å²) in [7, 11) is 0. The second kappa shape index (κ2) is 18.5. The van der Waals surface area contributed by atoms with Gasteiger partial charge in [0.2, 0.25) is 0 Å². The Morgan fingerprint density at radius 2 is 1.24 bits per heavy atom. The van der Waals surface area contributed by atoms with Crippen molar-refractivity contribution in [3.8, 4) is 5.75 Å². The molecule has 0 saturated heterocycles. The van der Waals surface area contributed by atoms with Gasteiger partial charge in [0.1, 0.15) is 5.75 Å². The van der Waals surface area contributed by atoms with E-state index in [4.69, 9.17) is 4.74 Å². The summed E-state index contributed by atoms with van der Waals surface area (Å²) in [5.41, 5.74) is -0.0606. The minimum atomic E-state index is -0.179. The zero-order valence-corrected chi connectivity index (χ0v) is 32.7. The van der Waals surface area contributed by atoms with Crippen molar-refractivity contribution >= 4 is 53.1 Å². The fraction of sp³-hybridized carbons (Fsp3) is 0.600. The van der Waals surface area contributed by atoms with Gasteiger partial charge >= 0.3 is 0 Å². The largest absolute Gasteiger partial charge is 0.492 e. The molecule has 0 aliphatic rings. The highest BCUT2D eigenvalue weighted by atomic mass is 32.1. The van der Waals surface area contributed by atoms with Crippen LogP contribution in [0.2, 0.25) is 0 Å². The SMILES string of the molecule is CCCCCCCCCCCCCCCCCCn1c(=O)c2ccc3c4ccccc4sc4c(OCCC(C)CC(C)(C)C)cc(c1=O)c2c43. The number of hydrogen-bond acceptors (Lipinski definition) is 4. The summed E-state index contributed by atoms with van der Waals surface area (Å²) in [6.45, 7) is 12.5. The Balaban J connectivity index is 1.23. The number of benzene rings is 3. The van der Waals surface area contributed by atoms with E-state index >= 15 is 0 Å². The fourth-order valence-corrected chi connectivity index (χ4v) is 9.29. The summed E-state index contributed by atoms with van der Waals surface area (Å²) < 4.78 is 10.3. The van der Waals surface area contributed by atoms with E-state index in [2.05, 4.69) is 65.0 Å². The van der Waals surface area contributed by atoms with Crippen LogP contribution in [0.3, 0.4) is 0 Å². The lowest BCUT2D eigenvalue weighted by atomic mass is 9.84. The molecular weight excluding hydrogens is 635 g/mol. The van der Waals surface area contributed by atoms with E-state index in [1.54, 1.807) is 11.3 Å². The van der Waals surface area contributed by atoms with Crippen molar-refractivity contribution in [1.29, 1.82) is 0 Å². The van der Waals surface area contributed by atoms with Gasteiger partial charge in [0, 0.05) is 27.4 Å². The van der Waals surface area contributed by atoms with Gasteiger partial charge in [-0.05, 0) is 59.6 Å². The average molecular weight is 698 g/mol. The van der Waals surface area contributed by atoms with E-state index in [-0.39, 0.29) is 16.5 Å². The highest BCUT2D eigenvalue weighted by Gasteiger charge is 2.22. The molecule has 0 fully saturated rings. The predicted molar refractivity (Wildman–Crippen MR) is 219 cm³/mol. The lowest BCUT2D eigenvalue weighted by Crippen LogP contribution is -2.33. The first-order valence-corrected chi connectivity index (χ1v) is 20.9. The van der Waals surface area contributed by atoms with Crippen LogP contribution in [0.5, 0.6) is 5.75 Å². The maximum absolute atomic E-state index is 14.1. The molecular formula is C45H63NO3S. The molecule has 2 heterocycles. The monoisotopic (exact) mass is 697 g/mol. The van der Waals surface area contributed by atoms with Gasteiger partial charge in [0.05, 0.1) is 16.7 Å². The Morgan fingerprint density at radius 3 is 1.86 bits per heavy atom. The molecule has 272 valence electrons. The van der Waals surface area contributed by atoms with Gasteiger partial charge in [-0.1, -0.05) is 155 Å². The average Bonchev–Trinajstić information content (AvgIpc) is 3.08. The van der Waals surface area contributed by atoms with Gasteiger partial charge in [-0.15, -0.1) is 11.3 Å². The molecule has 0 bridgehead atoms. The Bertz CT molecular complexity index is 1910. The van der Waals surface area contributed by atoms with Crippen LogP contribution in [0.1, 0.15) is 150 Å². The third-order valence-corrected chi connectivity index (χ3v) is 11.8. The first-order chi connectivity index (χ1) is 24.2. The van der Waals surface area contributed by atoms with Crippen molar-refractivity contribution in [2.24, 2.45) is 11.3 Å². The molecule has 0 saturated carbocycles. The lowest BCUT2D eigenvalue weighted by Gasteiger charge is -2.23. The van der Waals surface area contributed by atoms with Crippen LogP contribution in [-0.2, 0) is 6.54 Å². The fourth-order valence-electron chi connectivity index (χ4n) is 8.10. The summed E-state index contributed by atoms with van der Waals surface area (Å²) in [4.78, 5) is 28.0. The number of rotatable bonds is 22. The van der Waals surface area contributed by atoms with Gasteiger partial charge in [-0.25, -0.2) is 0 Å². The zero-order valence-electron chi connectivity index (χ0n) is 31.8. The third-order valence-electron chi connectivity index (χ3n) is 10.6. The van der Waals surface area contributed by atoms with E-state index in [1.807, 2.05) is 12.1 Å². The molecule has 5 aromatic rings.